The SMILES string of the molecule is CC.CN(C)c1nc(N(C)C)c2ccccc2n1.II. The lowest BCUT2D eigenvalue weighted by molar-refractivity contribution is 0.988. The zero-order valence-electron chi connectivity index (χ0n) is 12.9. The van der Waals surface area contributed by atoms with E-state index in [0.29, 0.717) is 0 Å². The molecule has 1 aromatic heterocycles. The van der Waals surface area contributed by atoms with Gasteiger partial charge in [-0.2, -0.15) is 4.98 Å². The molecule has 0 aliphatic carbocycles. The Kier molecular flexibility index (Phi) is 10.2. The summed E-state index contributed by atoms with van der Waals surface area (Å²) in [5, 5.41) is 1.08. The lowest BCUT2D eigenvalue weighted by Crippen LogP contribution is -2.17. The van der Waals surface area contributed by atoms with Gasteiger partial charge in [-0.25, -0.2) is 4.98 Å². The van der Waals surface area contributed by atoms with Crippen LogP contribution >= 0.6 is 37.2 Å². The minimum absolute atomic E-state index is 0.738. The van der Waals surface area contributed by atoms with Crippen LogP contribution in [0, 0.1) is 0 Å². The Balaban J connectivity index is 0.000000829. The van der Waals surface area contributed by atoms with Crippen LogP contribution in [0.1, 0.15) is 13.8 Å². The van der Waals surface area contributed by atoms with Gasteiger partial charge < -0.3 is 9.80 Å². The number of anilines is 2. The van der Waals surface area contributed by atoms with Gasteiger partial charge in [-0.1, -0.05) is 26.0 Å². The highest BCUT2D eigenvalue weighted by Gasteiger charge is 2.09. The first kappa shape index (κ1) is 19.6. The Bertz CT molecular complexity index is 516. The molecular weight excluding hydrogens is 478 g/mol. The number of halogens is 2. The van der Waals surface area contributed by atoms with Gasteiger partial charge in [0.2, 0.25) is 5.95 Å². The Morgan fingerprint density at radius 1 is 0.850 bits per heavy atom. The van der Waals surface area contributed by atoms with Crippen molar-refractivity contribution in [3.63, 3.8) is 0 Å². The van der Waals surface area contributed by atoms with Gasteiger partial charge in [-0.15, -0.1) is 0 Å². The fraction of sp³-hybridized carbons (Fsp3) is 0.429. The van der Waals surface area contributed by atoms with E-state index in [0.717, 1.165) is 22.7 Å². The summed E-state index contributed by atoms with van der Waals surface area (Å²) >= 11 is 4.24. The fourth-order valence-corrected chi connectivity index (χ4v) is 1.59. The van der Waals surface area contributed by atoms with Crippen molar-refractivity contribution >= 4 is 59.9 Å². The first-order valence-corrected chi connectivity index (χ1v) is 12.6. The van der Waals surface area contributed by atoms with Crippen LogP contribution in [-0.4, -0.2) is 38.2 Å². The Morgan fingerprint density at radius 3 is 1.90 bits per heavy atom. The van der Waals surface area contributed by atoms with Crippen LogP contribution < -0.4 is 9.80 Å². The smallest absolute Gasteiger partial charge is 0.227 e. The number of nitrogens with zero attached hydrogens (tertiary/aromatic N) is 4. The molecular formula is C14H22I2N4. The molecule has 0 saturated heterocycles. The first-order chi connectivity index (χ1) is 9.59. The molecule has 0 saturated carbocycles. The van der Waals surface area contributed by atoms with Gasteiger partial charge in [0.25, 0.3) is 0 Å². The number of para-hydroxylation sites is 1. The summed E-state index contributed by atoms with van der Waals surface area (Å²) in [5.74, 6) is 1.69. The van der Waals surface area contributed by atoms with E-state index in [1.165, 1.54) is 0 Å². The summed E-state index contributed by atoms with van der Waals surface area (Å²) in [6, 6.07) is 8.06. The van der Waals surface area contributed by atoms with Crippen molar-refractivity contribution in [3.8, 4) is 0 Å². The van der Waals surface area contributed by atoms with E-state index in [1.807, 2.05) is 76.1 Å². The van der Waals surface area contributed by atoms with E-state index >= 15 is 0 Å². The summed E-state index contributed by atoms with van der Waals surface area (Å²) in [7, 11) is 7.88. The lowest BCUT2D eigenvalue weighted by atomic mass is 10.2. The average molecular weight is 500 g/mol. The van der Waals surface area contributed by atoms with Crippen molar-refractivity contribution in [2.45, 2.75) is 13.8 Å². The second-order valence-electron chi connectivity index (χ2n) is 4.15. The second-order valence-corrected chi connectivity index (χ2v) is 4.15. The van der Waals surface area contributed by atoms with E-state index in [2.05, 4.69) is 47.2 Å². The molecule has 1 aromatic carbocycles. The van der Waals surface area contributed by atoms with Crippen LogP contribution in [-0.2, 0) is 0 Å². The largest absolute Gasteiger partial charge is 0.362 e. The monoisotopic (exact) mass is 500 g/mol. The quantitative estimate of drug-likeness (QED) is 0.567. The molecule has 0 N–H and O–H groups in total. The average Bonchev–Trinajstić information content (AvgIpc) is 2.50. The molecule has 2 rings (SSSR count). The molecule has 1 heterocycles. The topological polar surface area (TPSA) is 32.3 Å². The van der Waals surface area contributed by atoms with Crippen molar-refractivity contribution in [1.82, 2.24) is 9.97 Å². The molecule has 2 aromatic rings. The van der Waals surface area contributed by atoms with E-state index in [9.17, 15) is 0 Å². The van der Waals surface area contributed by atoms with Crippen molar-refractivity contribution < 1.29 is 0 Å². The van der Waals surface area contributed by atoms with E-state index < -0.39 is 0 Å². The summed E-state index contributed by atoms with van der Waals surface area (Å²) in [6.45, 7) is 4.00. The van der Waals surface area contributed by atoms with Gasteiger partial charge in [-0.3, -0.25) is 0 Å². The maximum absolute atomic E-state index is 4.54. The van der Waals surface area contributed by atoms with Gasteiger partial charge in [-0.05, 0) is 12.1 Å². The number of benzene rings is 1. The Morgan fingerprint density at radius 2 is 1.40 bits per heavy atom. The predicted octanol–water partition coefficient (Wildman–Crippen LogP) is 4.56. The van der Waals surface area contributed by atoms with Gasteiger partial charge >= 0.3 is 0 Å². The molecule has 0 bridgehead atoms. The highest BCUT2D eigenvalue weighted by molar-refractivity contribution is 15.0. The van der Waals surface area contributed by atoms with E-state index in [1.54, 1.807) is 0 Å². The standard InChI is InChI=1S/C12H16N4.C2H6.I2/c1-15(2)11-9-7-5-6-8-10(9)13-12(14-11)16(3)4;2*1-2/h5-8H,1-4H3;1-2H3;. The number of hydrogen-bond acceptors (Lipinski definition) is 4. The van der Waals surface area contributed by atoms with Crippen LogP contribution in [0.25, 0.3) is 10.9 Å². The maximum atomic E-state index is 4.54. The molecule has 0 spiro atoms. The molecule has 20 heavy (non-hydrogen) atoms. The summed E-state index contributed by atoms with van der Waals surface area (Å²) in [4.78, 5) is 13.0. The first-order valence-electron chi connectivity index (χ1n) is 6.35. The zero-order valence-corrected chi connectivity index (χ0v) is 17.2. The molecule has 6 heteroatoms. The third-order valence-corrected chi connectivity index (χ3v) is 2.39. The summed E-state index contributed by atoms with van der Waals surface area (Å²) in [5.41, 5.74) is 0.977. The zero-order chi connectivity index (χ0) is 15.7. The maximum Gasteiger partial charge on any atom is 0.227 e. The molecule has 0 aliphatic rings. The molecule has 0 radical (unpaired) electrons. The van der Waals surface area contributed by atoms with Crippen LogP contribution in [0.15, 0.2) is 24.3 Å². The third kappa shape index (κ3) is 5.19. The summed E-state index contributed by atoms with van der Waals surface area (Å²) in [6.07, 6.45) is 0. The van der Waals surface area contributed by atoms with Crippen LogP contribution in [0.5, 0.6) is 0 Å². The molecule has 112 valence electrons. The Hall–Kier alpha value is -0.380. The van der Waals surface area contributed by atoms with Crippen molar-refractivity contribution in [3.05, 3.63) is 24.3 Å². The highest BCUT2D eigenvalue weighted by Crippen LogP contribution is 2.24. The minimum atomic E-state index is 0.738. The summed E-state index contributed by atoms with van der Waals surface area (Å²) < 4.78 is 0. The Labute approximate surface area is 145 Å². The molecule has 0 unspecified atom stereocenters. The van der Waals surface area contributed by atoms with Crippen LogP contribution in [0.2, 0.25) is 0 Å². The molecule has 4 nitrogen and oxygen atoms in total. The lowest BCUT2D eigenvalue weighted by Gasteiger charge is -2.17. The highest BCUT2D eigenvalue weighted by atomic mass is 128. The normalized spacial score (nSPS) is 9.00. The minimum Gasteiger partial charge on any atom is -0.362 e. The number of rotatable bonds is 2. The molecule has 0 atom stereocenters. The van der Waals surface area contributed by atoms with E-state index in [-0.39, 0.29) is 0 Å². The van der Waals surface area contributed by atoms with Crippen molar-refractivity contribution in [1.29, 1.82) is 0 Å². The van der Waals surface area contributed by atoms with Gasteiger partial charge in [0, 0.05) is 70.8 Å². The number of hydrogen-bond donors (Lipinski definition) is 0. The van der Waals surface area contributed by atoms with Gasteiger partial charge in [0.1, 0.15) is 5.82 Å². The van der Waals surface area contributed by atoms with E-state index in [4.69, 9.17) is 0 Å². The fourth-order valence-electron chi connectivity index (χ4n) is 1.59. The molecule has 0 fully saturated rings. The molecule has 0 amide bonds. The van der Waals surface area contributed by atoms with Crippen LogP contribution in [0.4, 0.5) is 11.8 Å². The second kappa shape index (κ2) is 10.4. The van der Waals surface area contributed by atoms with Gasteiger partial charge in [0.15, 0.2) is 0 Å². The van der Waals surface area contributed by atoms with Gasteiger partial charge in [0.05, 0.1) is 5.52 Å². The third-order valence-electron chi connectivity index (χ3n) is 2.39. The van der Waals surface area contributed by atoms with Crippen LogP contribution in [0.3, 0.4) is 0 Å². The number of aromatic nitrogens is 2. The number of fused-ring (bicyclic) bond motifs is 1. The van der Waals surface area contributed by atoms with Crippen molar-refractivity contribution in [2.24, 2.45) is 0 Å². The predicted molar refractivity (Wildman–Crippen MR) is 108 cm³/mol. The van der Waals surface area contributed by atoms with Crippen molar-refractivity contribution in [2.75, 3.05) is 38.0 Å². The molecule has 0 aliphatic heterocycles.